The standard InChI is InChI=1S/3C16H12N2O4S.Al/c3*19-15-10-5-11-3-1-2-4-14(11)16(15)18-17-12-6-8-13(9-7-12)23(20,21)22;/h3*1-10,19H,(H,20,21,22);/q;;;+3/p-3. The first-order valence-corrected chi connectivity index (χ1v) is 24.2. The third-order valence-corrected chi connectivity index (χ3v) is 12.4. The molecule has 0 bridgehead atoms. The molecule has 9 aromatic carbocycles. The summed E-state index contributed by atoms with van der Waals surface area (Å²) >= 11 is 0. The molecular weight excluding hydrogens is 976 g/mol. The summed E-state index contributed by atoms with van der Waals surface area (Å²) in [4.78, 5) is -0.790. The van der Waals surface area contributed by atoms with E-state index in [4.69, 9.17) is 9.11 Å². The Bertz CT molecular complexity index is 3390. The van der Waals surface area contributed by atoms with Crippen molar-refractivity contribution in [2.75, 3.05) is 0 Å². The summed E-state index contributed by atoms with van der Waals surface area (Å²) in [7, 11) is -13.0. The molecule has 0 heterocycles. The fourth-order valence-corrected chi connectivity index (χ4v) is 7.83. The summed E-state index contributed by atoms with van der Waals surface area (Å²) in [6.45, 7) is 0. The van der Waals surface area contributed by atoms with Crippen molar-refractivity contribution in [3.8, 4) is 17.2 Å². The number of nitrogens with zero attached hydrogens (tertiary/aromatic N) is 6. The summed E-state index contributed by atoms with van der Waals surface area (Å²) in [5.41, 5.74) is 1.87. The molecule has 0 amide bonds. The van der Waals surface area contributed by atoms with Gasteiger partial charge < -0.3 is 19.9 Å². The van der Waals surface area contributed by atoms with Crippen molar-refractivity contribution in [1.82, 2.24) is 0 Å². The van der Waals surface area contributed by atoms with Crippen LogP contribution < -0.4 is 10.2 Å². The molecule has 18 nitrogen and oxygen atoms in total. The molecule has 70 heavy (non-hydrogen) atoms. The zero-order valence-corrected chi connectivity index (χ0v) is 39.4. The molecule has 0 radical (unpaired) electrons. The third-order valence-electron chi connectivity index (χ3n) is 9.80. The van der Waals surface area contributed by atoms with Gasteiger partial charge in [0.05, 0.1) is 43.1 Å². The van der Waals surface area contributed by atoms with Crippen LogP contribution in [0, 0.1) is 0 Å². The Morgan fingerprint density at radius 2 is 0.657 bits per heavy atom. The van der Waals surface area contributed by atoms with E-state index in [9.17, 15) is 45.1 Å². The monoisotopic (exact) mass is 1010 g/mol. The van der Waals surface area contributed by atoms with E-state index in [-0.39, 0.29) is 60.7 Å². The van der Waals surface area contributed by atoms with Crippen LogP contribution in [-0.4, -0.2) is 61.4 Å². The molecule has 0 atom stereocenters. The summed E-state index contributed by atoms with van der Waals surface area (Å²) < 4.78 is 94.4. The number of phenols is 1. The minimum atomic E-state index is -4.49. The Balaban J connectivity index is 0.000000171. The zero-order chi connectivity index (χ0) is 49.3. The zero-order valence-electron chi connectivity index (χ0n) is 35.8. The molecule has 0 aliphatic carbocycles. The average Bonchev–Trinajstić information content (AvgIpc) is 3.33. The van der Waals surface area contributed by atoms with E-state index >= 15 is 0 Å². The molecule has 9 rings (SSSR count). The van der Waals surface area contributed by atoms with Gasteiger partial charge in [0.15, 0.2) is 0 Å². The maximum Gasteiger partial charge on any atom is 3.00 e. The van der Waals surface area contributed by atoms with Crippen LogP contribution in [0.15, 0.2) is 227 Å². The quantitative estimate of drug-likeness (QED) is 0.0690. The van der Waals surface area contributed by atoms with Crippen molar-refractivity contribution < 1.29 is 54.2 Å². The third kappa shape index (κ3) is 13.0. The van der Waals surface area contributed by atoms with Crippen molar-refractivity contribution in [3.05, 3.63) is 182 Å². The van der Waals surface area contributed by atoms with E-state index in [1.807, 2.05) is 54.6 Å². The first-order chi connectivity index (χ1) is 32.8. The van der Waals surface area contributed by atoms with Gasteiger partial charge in [-0.1, -0.05) is 115 Å². The molecule has 348 valence electrons. The molecule has 0 saturated heterocycles. The minimum absolute atomic E-state index is 0. The van der Waals surface area contributed by atoms with E-state index in [0.717, 1.165) is 33.7 Å². The Morgan fingerprint density at radius 1 is 0.357 bits per heavy atom. The molecule has 0 fully saturated rings. The molecule has 0 aliphatic rings. The average molecular weight is 1010 g/mol. The van der Waals surface area contributed by atoms with E-state index in [0.29, 0.717) is 33.5 Å². The molecule has 0 unspecified atom stereocenters. The van der Waals surface area contributed by atoms with Crippen LogP contribution in [-0.2, 0) is 30.4 Å². The number of aromatic hydroxyl groups is 1. The smallest absolute Gasteiger partial charge is 0.871 e. The Kier molecular flexibility index (Phi) is 16.3. The Morgan fingerprint density at radius 3 is 1.00 bits per heavy atom. The molecule has 22 heteroatoms. The van der Waals surface area contributed by atoms with E-state index in [1.165, 1.54) is 78.9 Å². The minimum Gasteiger partial charge on any atom is -0.871 e. The van der Waals surface area contributed by atoms with Gasteiger partial charge in [-0.25, -0.2) is 8.42 Å². The molecule has 0 spiro atoms. The number of rotatable bonds is 9. The molecule has 0 aliphatic heterocycles. The van der Waals surface area contributed by atoms with Crippen molar-refractivity contribution in [3.63, 3.8) is 0 Å². The first-order valence-electron chi connectivity index (χ1n) is 19.9. The van der Waals surface area contributed by atoms with Crippen molar-refractivity contribution in [1.29, 1.82) is 0 Å². The van der Waals surface area contributed by atoms with Crippen LogP contribution in [0.1, 0.15) is 0 Å². The van der Waals surface area contributed by atoms with Crippen molar-refractivity contribution >= 4 is 114 Å². The molecular formula is C48H33AlN6O12S3. The van der Waals surface area contributed by atoms with Crippen LogP contribution >= 0.6 is 0 Å². The number of hydrogen-bond donors (Lipinski definition) is 3. The number of benzene rings is 9. The fraction of sp³-hybridized carbons (Fsp3) is 0. The SMILES string of the molecule is O=S(=O)(O)c1ccc(N=Nc2c(O)ccc3ccccc23)cc1.O=S(=O)(O)c1ccc(N=Nc2c([O-])ccc3ccccc23)cc1.O=S(=O)([O-])c1ccc(N=Nc2c([O-])ccc3ccccc23)cc1.[Al+3]. The number of azo groups is 3. The summed E-state index contributed by atoms with van der Waals surface area (Å²) in [6, 6.07) is 47.2. The van der Waals surface area contributed by atoms with Crippen LogP contribution in [0.5, 0.6) is 17.2 Å². The second-order valence-electron chi connectivity index (χ2n) is 14.4. The van der Waals surface area contributed by atoms with Gasteiger partial charge in [0, 0.05) is 16.2 Å². The van der Waals surface area contributed by atoms with Gasteiger partial charge in [-0.2, -0.15) is 42.4 Å². The topological polar surface area (TPSA) is 306 Å². The normalized spacial score (nSPS) is 11.9. The van der Waals surface area contributed by atoms with E-state index < -0.39 is 30.4 Å². The summed E-state index contributed by atoms with van der Waals surface area (Å²) in [5, 5.41) is 62.6. The van der Waals surface area contributed by atoms with Crippen LogP contribution in [0.4, 0.5) is 34.1 Å². The number of hydrogen-bond acceptors (Lipinski definition) is 16. The fourth-order valence-electron chi connectivity index (χ4n) is 6.40. The van der Waals surface area contributed by atoms with Crippen LogP contribution in [0.25, 0.3) is 32.3 Å². The van der Waals surface area contributed by atoms with Crippen LogP contribution in [0.3, 0.4) is 0 Å². The first kappa shape index (κ1) is 51.6. The van der Waals surface area contributed by atoms with Crippen molar-refractivity contribution in [2.24, 2.45) is 30.7 Å². The predicted octanol–water partition coefficient (Wildman–Crippen LogP) is 10.6. The van der Waals surface area contributed by atoms with Gasteiger partial charge >= 0.3 is 17.4 Å². The second-order valence-corrected chi connectivity index (χ2v) is 18.6. The molecule has 3 N–H and O–H groups in total. The van der Waals surface area contributed by atoms with Gasteiger partial charge in [-0.05, 0) is 95.0 Å². The summed E-state index contributed by atoms with van der Waals surface area (Å²) in [6.07, 6.45) is 0. The second kappa shape index (κ2) is 22.1. The summed E-state index contributed by atoms with van der Waals surface area (Å²) in [5.74, 6) is -0.504. The molecule has 9 aromatic rings. The largest absolute Gasteiger partial charge is 3.00 e. The van der Waals surface area contributed by atoms with E-state index in [1.54, 1.807) is 36.4 Å². The van der Waals surface area contributed by atoms with E-state index in [2.05, 4.69) is 30.7 Å². The van der Waals surface area contributed by atoms with Crippen molar-refractivity contribution in [2.45, 2.75) is 14.7 Å². The van der Waals surface area contributed by atoms with Crippen LogP contribution in [0.2, 0.25) is 0 Å². The van der Waals surface area contributed by atoms with Gasteiger partial charge in [-0.15, -0.1) is 5.11 Å². The molecule has 0 saturated carbocycles. The molecule has 0 aromatic heterocycles. The van der Waals surface area contributed by atoms with Gasteiger partial charge in [0.1, 0.15) is 21.6 Å². The van der Waals surface area contributed by atoms with Gasteiger partial charge in [0.2, 0.25) is 0 Å². The Hall–Kier alpha value is -7.78. The van der Waals surface area contributed by atoms with Gasteiger partial charge in [-0.3, -0.25) is 9.11 Å². The van der Waals surface area contributed by atoms with Gasteiger partial charge in [0.25, 0.3) is 20.2 Å². The number of phenolic OH excluding ortho intramolecular Hbond substituents is 1. The maximum atomic E-state index is 12.0. The Labute approximate surface area is 410 Å². The maximum absolute atomic E-state index is 12.0. The number of fused-ring (bicyclic) bond motifs is 3. The predicted molar refractivity (Wildman–Crippen MR) is 258 cm³/mol.